The van der Waals surface area contributed by atoms with Gasteiger partial charge in [-0.3, -0.25) is 9.69 Å². The number of hydrogen-bond acceptors (Lipinski definition) is 8. The lowest BCUT2D eigenvalue weighted by Gasteiger charge is -2.42. The quantitative estimate of drug-likeness (QED) is 0.518. The predicted octanol–water partition coefficient (Wildman–Crippen LogP) is 1.25. The number of morpholine rings is 1. The molecule has 1 aromatic carbocycles. The SMILES string of the molecule is NC(=O)CN1CC[C@@H](CN2C=CC3=C(N4CCOC[C@@H]4c4ccc(C(F)(F)F)cc4)NC=NC32)[C@H](O)C1. The number of primary amides is 1. The zero-order chi connectivity index (χ0) is 26.2. The summed E-state index contributed by atoms with van der Waals surface area (Å²) in [7, 11) is 0. The highest BCUT2D eigenvalue weighted by molar-refractivity contribution is 5.75. The van der Waals surface area contributed by atoms with Gasteiger partial charge in [0.25, 0.3) is 0 Å². The summed E-state index contributed by atoms with van der Waals surface area (Å²) in [5, 5.41) is 13.9. The number of halogens is 3. The molecule has 4 aliphatic rings. The summed E-state index contributed by atoms with van der Waals surface area (Å²) < 4.78 is 44.9. The second-order valence-electron chi connectivity index (χ2n) is 9.83. The Kier molecular flexibility index (Phi) is 7.15. The fourth-order valence-corrected chi connectivity index (χ4v) is 5.49. The molecule has 4 N–H and O–H groups in total. The Bertz CT molecular complexity index is 1090. The summed E-state index contributed by atoms with van der Waals surface area (Å²) >= 11 is 0. The van der Waals surface area contributed by atoms with Crippen LogP contribution in [0.3, 0.4) is 0 Å². The maximum absolute atomic E-state index is 13.1. The van der Waals surface area contributed by atoms with E-state index in [-0.39, 0.29) is 24.7 Å². The van der Waals surface area contributed by atoms with Crippen molar-refractivity contribution < 1.29 is 27.8 Å². The molecular formula is C25H31F3N6O3. The van der Waals surface area contributed by atoms with Crippen LogP contribution in [0, 0.1) is 5.92 Å². The number of carbonyl (C=O) groups excluding carboxylic acids is 1. The molecule has 1 amide bonds. The van der Waals surface area contributed by atoms with Crippen molar-refractivity contribution in [1.29, 1.82) is 0 Å². The maximum Gasteiger partial charge on any atom is 0.416 e. The Morgan fingerprint density at radius 1 is 1.24 bits per heavy atom. The second kappa shape index (κ2) is 10.3. The van der Waals surface area contributed by atoms with Gasteiger partial charge >= 0.3 is 6.18 Å². The van der Waals surface area contributed by atoms with E-state index in [9.17, 15) is 23.1 Å². The first-order valence-corrected chi connectivity index (χ1v) is 12.4. The summed E-state index contributed by atoms with van der Waals surface area (Å²) in [6, 6.07) is 4.98. The molecule has 12 heteroatoms. The third kappa shape index (κ3) is 5.46. The van der Waals surface area contributed by atoms with E-state index in [1.54, 1.807) is 6.34 Å². The minimum atomic E-state index is -4.38. The highest BCUT2D eigenvalue weighted by Crippen LogP contribution is 2.36. The molecule has 0 aromatic heterocycles. The minimum Gasteiger partial charge on any atom is -0.391 e. The van der Waals surface area contributed by atoms with Gasteiger partial charge in [0.1, 0.15) is 5.82 Å². The van der Waals surface area contributed by atoms with Gasteiger partial charge in [-0.2, -0.15) is 13.2 Å². The molecule has 0 saturated carbocycles. The van der Waals surface area contributed by atoms with E-state index in [1.807, 2.05) is 17.2 Å². The number of carbonyl (C=O) groups is 1. The van der Waals surface area contributed by atoms with Crippen LogP contribution in [0.2, 0.25) is 0 Å². The Balaban J connectivity index is 1.31. The number of aliphatic hydroxyl groups is 1. The average molecular weight is 521 g/mol. The number of fused-ring (bicyclic) bond motifs is 1. The highest BCUT2D eigenvalue weighted by Gasteiger charge is 2.37. The number of aliphatic imine (C=N–C) groups is 1. The van der Waals surface area contributed by atoms with Crippen molar-refractivity contribution >= 4 is 12.2 Å². The number of piperidine rings is 1. The molecule has 4 heterocycles. The standard InChI is InChI=1S/C25H31F3N6O3/c26-25(27,28)18-3-1-16(2-4-18)20-14-37-10-9-34(20)24-19-6-8-33(23(19)30-15-31-24)11-17-5-7-32(12-21(17)35)13-22(29)36/h1-4,6,8,15,17,20-21,23,35H,5,7,9-14H2,(H2,29,36)(H,30,31)/t17-,20+,21+,23?/m0/s1. The number of amides is 1. The van der Waals surface area contributed by atoms with Crippen molar-refractivity contribution in [3.05, 3.63) is 59.1 Å². The molecule has 1 unspecified atom stereocenters. The van der Waals surface area contributed by atoms with Gasteiger partial charge < -0.3 is 30.7 Å². The summed E-state index contributed by atoms with van der Waals surface area (Å²) in [6.45, 7) is 3.26. The number of nitrogens with one attached hydrogen (secondary N) is 1. The van der Waals surface area contributed by atoms with Crippen LogP contribution in [0.4, 0.5) is 13.2 Å². The third-order valence-corrected chi connectivity index (χ3v) is 7.40. The number of nitrogens with zero attached hydrogens (tertiary/aromatic N) is 4. The number of alkyl halides is 3. The van der Waals surface area contributed by atoms with Gasteiger partial charge in [0.15, 0.2) is 6.17 Å². The van der Waals surface area contributed by atoms with Gasteiger partial charge in [0, 0.05) is 37.3 Å². The first-order valence-electron chi connectivity index (χ1n) is 12.4. The van der Waals surface area contributed by atoms with Crippen LogP contribution in [0.15, 0.2) is 52.9 Å². The van der Waals surface area contributed by atoms with Gasteiger partial charge in [0.2, 0.25) is 5.91 Å². The molecule has 0 spiro atoms. The van der Waals surface area contributed by atoms with Crippen molar-refractivity contribution in [1.82, 2.24) is 20.0 Å². The van der Waals surface area contributed by atoms with Gasteiger partial charge in [-0.15, -0.1) is 0 Å². The number of aliphatic hydroxyl groups excluding tert-OH is 1. The Hall–Kier alpha value is -3.09. The highest BCUT2D eigenvalue weighted by atomic mass is 19.4. The number of benzene rings is 1. The zero-order valence-electron chi connectivity index (χ0n) is 20.3. The van der Waals surface area contributed by atoms with Crippen molar-refractivity contribution in [2.45, 2.75) is 30.9 Å². The van der Waals surface area contributed by atoms with Crippen LogP contribution in [0.1, 0.15) is 23.6 Å². The largest absolute Gasteiger partial charge is 0.416 e. The molecule has 2 saturated heterocycles. The monoisotopic (exact) mass is 520 g/mol. The number of β-amino-alcohol motifs (C(OH)–C–C–N with tert-alkyl or cyclic N) is 1. The molecule has 0 bridgehead atoms. The van der Waals surface area contributed by atoms with Crippen LogP contribution in [0.25, 0.3) is 0 Å². The number of rotatable bonds is 6. The fraction of sp³-hybridized carbons (Fsp3) is 0.520. The van der Waals surface area contributed by atoms with Crippen LogP contribution < -0.4 is 11.1 Å². The normalized spacial score (nSPS) is 28.4. The second-order valence-corrected chi connectivity index (χ2v) is 9.83. The van der Waals surface area contributed by atoms with E-state index >= 15 is 0 Å². The molecule has 4 atom stereocenters. The molecule has 1 aromatic rings. The number of likely N-dealkylation sites (tertiary alicyclic amines) is 1. The van der Waals surface area contributed by atoms with Gasteiger partial charge in [0.05, 0.1) is 43.8 Å². The van der Waals surface area contributed by atoms with Crippen LogP contribution in [0.5, 0.6) is 0 Å². The van der Waals surface area contributed by atoms with Crippen molar-refractivity contribution in [2.75, 3.05) is 45.9 Å². The van der Waals surface area contributed by atoms with E-state index in [4.69, 9.17) is 10.5 Å². The van der Waals surface area contributed by atoms with Gasteiger partial charge in [-0.25, -0.2) is 4.99 Å². The third-order valence-electron chi connectivity index (χ3n) is 7.40. The molecule has 0 aliphatic carbocycles. The van der Waals surface area contributed by atoms with E-state index < -0.39 is 23.8 Å². The smallest absolute Gasteiger partial charge is 0.391 e. The summed E-state index contributed by atoms with van der Waals surface area (Å²) in [4.78, 5) is 21.9. The Morgan fingerprint density at radius 3 is 2.73 bits per heavy atom. The first-order chi connectivity index (χ1) is 17.7. The molecule has 2 fully saturated rings. The van der Waals surface area contributed by atoms with E-state index in [1.165, 1.54) is 12.1 Å². The lowest BCUT2D eigenvalue weighted by atomic mass is 9.93. The Labute approximate surface area is 213 Å². The molecule has 5 rings (SSSR count). The average Bonchev–Trinajstić information content (AvgIpc) is 3.28. The number of hydrogen-bond donors (Lipinski definition) is 3. The lowest BCUT2D eigenvalue weighted by Crippen LogP contribution is -2.50. The molecular weight excluding hydrogens is 489 g/mol. The lowest BCUT2D eigenvalue weighted by molar-refractivity contribution is -0.137. The van der Waals surface area contributed by atoms with Gasteiger partial charge in [-0.05, 0) is 36.7 Å². The minimum absolute atomic E-state index is 0.0185. The van der Waals surface area contributed by atoms with E-state index in [2.05, 4.69) is 20.1 Å². The number of ether oxygens (including phenoxy) is 1. The molecule has 200 valence electrons. The van der Waals surface area contributed by atoms with E-state index in [0.29, 0.717) is 39.4 Å². The van der Waals surface area contributed by atoms with Crippen molar-refractivity contribution in [3.63, 3.8) is 0 Å². The number of nitrogens with two attached hydrogens (primary N) is 1. The maximum atomic E-state index is 13.1. The fourth-order valence-electron chi connectivity index (χ4n) is 5.49. The molecule has 0 radical (unpaired) electrons. The molecule has 4 aliphatic heterocycles. The van der Waals surface area contributed by atoms with Crippen LogP contribution in [-0.4, -0.2) is 90.3 Å². The Morgan fingerprint density at radius 2 is 2.03 bits per heavy atom. The van der Waals surface area contributed by atoms with Crippen molar-refractivity contribution in [2.24, 2.45) is 16.6 Å². The van der Waals surface area contributed by atoms with Crippen LogP contribution >= 0.6 is 0 Å². The van der Waals surface area contributed by atoms with Gasteiger partial charge in [-0.1, -0.05) is 12.1 Å². The predicted molar refractivity (Wildman–Crippen MR) is 130 cm³/mol. The molecule has 37 heavy (non-hydrogen) atoms. The van der Waals surface area contributed by atoms with Crippen LogP contribution in [-0.2, 0) is 15.7 Å². The topological polar surface area (TPSA) is 107 Å². The van der Waals surface area contributed by atoms with Crippen molar-refractivity contribution in [3.8, 4) is 0 Å². The zero-order valence-corrected chi connectivity index (χ0v) is 20.3. The summed E-state index contributed by atoms with van der Waals surface area (Å²) in [5.74, 6) is 0.464. The first kappa shape index (κ1) is 25.6. The van der Waals surface area contributed by atoms with E-state index in [0.717, 1.165) is 35.5 Å². The summed E-state index contributed by atoms with van der Waals surface area (Å²) in [6.07, 6.45) is 1.13. The molecule has 9 nitrogen and oxygen atoms in total. The summed E-state index contributed by atoms with van der Waals surface area (Å²) in [5.41, 5.74) is 6.31.